The minimum absolute atomic E-state index is 0.111. The highest BCUT2D eigenvalue weighted by atomic mass is 32.1. The molecule has 0 aliphatic carbocycles. The van der Waals surface area contributed by atoms with Crippen LogP contribution in [-0.2, 0) is 4.79 Å². The predicted octanol–water partition coefficient (Wildman–Crippen LogP) is 4.71. The van der Waals surface area contributed by atoms with E-state index in [1.54, 1.807) is 10.7 Å². The van der Waals surface area contributed by atoms with Crippen molar-refractivity contribution in [3.05, 3.63) is 70.7 Å². The number of aryl methyl sites for hydroxylation is 2. The van der Waals surface area contributed by atoms with E-state index in [9.17, 15) is 9.18 Å². The molecule has 28 heavy (non-hydrogen) atoms. The van der Waals surface area contributed by atoms with Crippen LogP contribution in [0.2, 0.25) is 0 Å². The van der Waals surface area contributed by atoms with Crippen molar-refractivity contribution in [2.75, 3.05) is 5.32 Å². The van der Waals surface area contributed by atoms with Crippen LogP contribution in [0.4, 0.5) is 10.2 Å². The summed E-state index contributed by atoms with van der Waals surface area (Å²) in [5, 5.41) is 8.32. The van der Waals surface area contributed by atoms with Crippen molar-refractivity contribution in [1.82, 2.24) is 14.8 Å². The number of fused-ring (bicyclic) bond motifs is 2. The van der Waals surface area contributed by atoms with E-state index in [-0.39, 0.29) is 24.1 Å². The second-order valence-electron chi connectivity index (χ2n) is 7.09. The maximum Gasteiger partial charge on any atom is 0.226 e. The highest BCUT2D eigenvalue weighted by Gasteiger charge is 2.33. The molecule has 2 aromatic carbocycles. The lowest BCUT2D eigenvalue weighted by atomic mass is 9.86. The number of nitrogens with zero attached hydrogens (tertiary/aromatic N) is 3. The van der Waals surface area contributed by atoms with Gasteiger partial charge in [0.05, 0.1) is 15.9 Å². The van der Waals surface area contributed by atoms with Crippen molar-refractivity contribution < 1.29 is 9.18 Å². The van der Waals surface area contributed by atoms with E-state index in [1.165, 1.54) is 29.0 Å². The van der Waals surface area contributed by atoms with Gasteiger partial charge in [-0.05, 0) is 49.2 Å². The molecule has 1 aliphatic rings. The predicted molar refractivity (Wildman–Crippen MR) is 108 cm³/mol. The number of anilines is 1. The van der Waals surface area contributed by atoms with Gasteiger partial charge < -0.3 is 5.32 Å². The van der Waals surface area contributed by atoms with Crippen LogP contribution in [-0.4, -0.2) is 20.7 Å². The summed E-state index contributed by atoms with van der Waals surface area (Å²) in [6.45, 7) is 3.96. The number of nitrogens with one attached hydrogen (secondary N) is 1. The van der Waals surface area contributed by atoms with Crippen molar-refractivity contribution in [3.8, 4) is 5.13 Å². The van der Waals surface area contributed by atoms with Gasteiger partial charge in [-0.2, -0.15) is 9.78 Å². The highest BCUT2D eigenvalue weighted by Crippen LogP contribution is 2.41. The molecule has 4 aromatic rings. The first-order valence-electron chi connectivity index (χ1n) is 9.02. The molecule has 0 radical (unpaired) electrons. The molecule has 0 saturated heterocycles. The van der Waals surface area contributed by atoms with Crippen LogP contribution in [0.15, 0.2) is 42.5 Å². The Labute approximate surface area is 164 Å². The molecule has 5 nitrogen and oxygen atoms in total. The van der Waals surface area contributed by atoms with Crippen molar-refractivity contribution in [2.24, 2.45) is 0 Å². The fourth-order valence-corrected chi connectivity index (χ4v) is 4.83. The van der Waals surface area contributed by atoms with Crippen LogP contribution in [0.1, 0.15) is 34.7 Å². The number of amides is 1. The molecule has 1 atom stereocenters. The number of carbonyl (C=O) groups is 1. The Bertz CT molecular complexity index is 1240. The molecule has 0 spiro atoms. The van der Waals surface area contributed by atoms with Gasteiger partial charge in [-0.25, -0.2) is 9.37 Å². The average Bonchev–Trinajstić information content (AvgIpc) is 3.21. The molecule has 0 saturated carbocycles. The Balaban J connectivity index is 1.68. The van der Waals surface area contributed by atoms with Gasteiger partial charge in [0.2, 0.25) is 11.0 Å². The van der Waals surface area contributed by atoms with E-state index in [4.69, 9.17) is 4.98 Å². The zero-order valence-corrected chi connectivity index (χ0v) is 16.2. The molecule has 0 unspecified atom stereocenters. The van der Waals surface area contributed by atoms with Crippen LogP contribution in [0.3, 0.4) is 0 Å². The Hall–Kier alpha value is -3.06. The number of benzene rings is 2. The van der Waals surface area contributed by atoms with E-state index in [0.717, 1.165) is 27.0 Å². The molecule has 7 heteroatoms. The minimum Gasteiger partial charge on any atom is -0.310 e. The average molecular weight is 392 g/mol. The Morgan fingerprint density at radius 3 is 2.89 bits per heavy atom. The third-order valence-corrected chi connectivity index (χ3v) is 6.06. The number of aromatic nitrogens is 3. The molecular formula is C21H17FN4OS. The van der Waals surface area contributed by atoms with Crippen molar-refractivity contribution in [2.45, 2.75) is 26.2 Å². The maximum absolute atomic E-state index is 13.8. The van der Waals surface area contributed by atoms with Crippen molar-refractivity contribution in [1.29, 1.82) is 0 Å². The molecule has 3 heterocycles. The van der Waals surface area contributed by atoms with Gasteiger partial charge in [0.25, 0.3) is 0 Å². The minimum atomic E-state index is -0.309. The van der Waals surface area contributed by atoms with E-state index >= 15 is 0 Å². The summed E-state index contributed by atoms with van der Waals surface area (Å²) < 4.78 is 16.6. The second kappa shape index (κ2) is 6.24. The van der Waals surface area contributed by atoms with Gasteiger partial charge in [-0.3, -0.25) is 4.79 Å². The highest BCUT2D eigenvalue weighted by molar-refractivity contribution is 7.20. The van der Waals surface area contributed by atoms with Crippen LogP contribution in [0, 0.1) is 19.7 Å². The molecule has 2 aromatic heterocycles. The van der Waals surface area contributed by atoms with Crippen molar-refractivity contribution in [3.63, 3.8) is 0 Å². The Morgan fingerprint density at radius 2 is 2.07 bits per heavy atom. The summed E-state index contributed by atoms with van der Waals surface area (Å²) >= 11 is 1.53. The molecule has 0 fully saturated rings. The summed E-state index contributed by atoms with van der Waals surface area (Å²) in [5.41, 5.74) is 4.57. The Kier molecular flexibility index (Phi) is 3.80. The van der Waals surface area contributed by atoms with Crippen molar-refractivity contribution >= 4 is 33.3 Å². The lowest BCUT2D eigenvalue weighted by molar-refractivity contribution is -0.116. The first-order chi connectivity index (χ1) is 13.5. The van der Waals surface area contributed by atoms with Crippen LogP contribution >= 0.6 is 11.3 Å². The largest absolute Gasteiger partial charge is 0.310 e. The van der Waals surface area contributed by atoms with Crippen LogP contribution in [0.25, 0.3) is 15.3 Å². The normalized spacial score (nSPS) is 16.2. The third-order valence-electron chi connectivity index (χ3n) is 5.07. The number of hydrogen-bond acceptors (Lipinski definition) is 4. The quantitative estimate of drug-likeness (QED) is 0.537. The molecule has 140 valence electrons. The van der Waals surface area contributed by atoms with Crippen LogP contribution in [0.5, 0.6) is 0 Å². The van der Waals surface area contributed by atoms with E-state index in [2.05, 4.69) is 16.5 Å². The standard InChI is InChI=1S/C21H17FN4OS/c1-11-6-7-16-17(8-11)28-21(23-16)26-20-19(12(2)25-26)15(10-18(27)24-20)13-4-3-5-14(22)9-13/h3-9,15H,10H2,1-2H3,(H,24,27)/t15-/m1/s1. The van der Waals surface area contributed by atoms with E-state index < -0.39 is 0 Å². The van der Waals surface area contributed by atoms with Gasteiger partial charge in [-0.15, -0.1) is 0 Å². The monoisotopic (exact) mass is 392 g/mol. The SMILES string of the molecule is Cc1ccc2nc(-n3nc(C)c4c3NC(=O)C[C@@H]4c3cccc(F)c3)sc2c1. The summed E-state index contributed by atoms with van der Waals surface area (Å²) in [6.07, 6.45) is 0.266. The topological polar surface area (TPSA) is 59.8 Å². The van der Waals surface area contributed by atoms with E-state index in [0.29, 0.717) is 10.9 Å². The summed E-state index contributed by atoms with van der Waals surface area (Å²) in [5.74, 6) is -0.0277. The number of hydrogen-bond donors (Lipinski definition) is 1. The zero-order valence-electron chi connectivity index (χ0n) is 15.4. The Morgan fingerprint density at radius 1 is 1.21 bits per heavy atom. The zero-order chi connectivity index (χ0) is 19.4. The van der Waals surface area contributed by atoms with Gasteiger partial charge in [0.15, 0.2) is 0 Å². The molecule has 1 N–H and O–H groups in total. The van der Waals surface area contributed by atoms with Gasteiger partial charge in [0.1, 0.15) is 11.6 Å². The van der Waals surface area contributed by atoms with E-state index in [1.807, 2.05) is 32.0 Å². The fourth-order valence-electron chi connectivity index (χ4n) is 3.80. The first-order valence-corrected chi connectivity index (χ1v) is 9.83. The third kappa shape index (κ3) is 2.70. The first kappa shape index (κ1) is 17.1. The molecule has 5 rings (SSSR count). The van der Waals surface area contributed by atoms with Crippen LogP contribution < -0.4 is 5.32 Å². The number of carbonyl (C=O) groups excluding carboxylic acids is 1. The molecular weight excluding hydrogens is 375 g/mol. The fraction of sp³-hybridized carbons (Fsp3) is 0.190. The smallest absolute Gasteiger partial charge is 0.226 e. The lowest BCUT2D eigenvalue weighted by Gasteiger charge is -2.24. The summed E-state index contributed by atoms with van der Waals surface area (Å²) in [4.78, 5) is 17.1. The summed E-state index contributed by atoms with van der Waals surface area (Å²) in [7, 11) is 0. The molecule has 0 bridgehead atoms. The number of thiazole rings is 1. The molecule has 1 amide bonds. The van der Waals surface area contributed by atoms with Gasteiger partial charge in [-0.1, -0.05) is 29.5 Å². The maximum atomic E-state index is 13.8. The second-order valence-corrected chi connectivity index (χ2v) is 8.10. The number of rotatable bonds is 2. The van der Waals surface area contributed by atoms with Gasteiger partial charge >= 0.3 is 0 Å². The van der Waals surface area contributed by atoms with Gasteiger partial charge in [0, 0.05) is 17.9 Å². The molecule has 1 aliphatic heterocycles. The number of halogens is 1. The summed E-state index contributed by atoms with van der Waals surface area (Å²) in [6, 6.07) is 12.5. The lowest BCUT2D eigenvalue weighted by Crippen LogP contribution is -2.25.